The Hall–Kier alpha value is -0.860. The van der Waals surface area contributed by atoms with E-state index in [1.165, 1.54) is 28.7 Å². The monoisotopic (exact) mass is 204 g/mol. The minimum absolute atomic E-state index is 0.347. The van der Waals surface area contributed by atoms with Gasteiger partial charge in [-0.25, -0.2) is 0 Å². The fourth-order valence-corrected chi connectivity index (χ4v) is 2.50. The van der Waals surface area contributed by atoms with Crippen LogP contribution in [0.25, 0.3) is 0 Å². The summed E-state index contributed by atoms with van der Waals surface area (Å²) in [5.74, 6) is 0. The maximum atomic E-state index is 3.53. The van der Waals surface area contributed by atoms with Gasteiger partial charge in [0.1, 0.15) is 0 Å². The summed E-state index contributed by atoms with van der Waals surface area (Å²) in [5.41, 5.74) is 5.56. The van der Waals surface area contributed by atoms with Gasteiger partial charge >= 0.3 is 0 Å². The average molecular weight is 204 g/mol. The molecule has 1 aliphatic rings. The van der Waals surface area contributed by atoms with Crippen LogP contribution >= 0.6 is 0 Å². The second-order valence-electron chi connectivity index (χ2n) is 4.51. The van der Waals surface area contributed by atoms with Gasteiger partial charge in [0.2, 0.25) is 0 Å². The Morgan fingerprint density at radius 2 is 1.53 bits per heavy atom. The minimum atomic E-state index is 0.347. The molecule has 1 heterocycles. The Morgan fingerprint density at radius 3 is 2.07 bits per heavy atom. The van der Waals surface area contributed by atoms with Crippen LogP contribution in [0.15, 0.2) is 12.1 Å². The Kier molecular flexibility index (Phi) is 3.08. The second-order valence-corrected chi connectivity index (χ2v) is 4.51. The first-order valence-electron chi connectivity index (χ1n) is 5.73. The van der Waals surface area contributed by atoms with Crippen LogP contribution in [0.4, 0.5) is 0 Å². The van der Waals surface area contributed by atoms with E-state index in [4.69, 9.17) is 0 Å². The maximum absolute atomic E-state index is 3.53. The summed E-state index contributed by atoms with van der Waals surface area (Å²) >= 11 is 0. The van der Waals surface area contributed by atoms with E-state index in [9.17, 15) is 0 Å². The van der Waals surface area contributed by atoms with Crippen LogP contribution in [0.2, 0.25) is 0 Å². The summed E-state index contributed by atoms with van der Waals surface area (Å²) in [6.07, 6.45) is 1.57. The highest BCUT2D eigenvalue weighted by molar-refractivity contribution is 5.39. The van der Waals surface area contributed by atoms with Crippen LogP contribution in [0.5, 0.6) is 0 Å². The van der Waals surface area contributed by atoms with E-state index in [2.05, 4.69) is 43.5 Å². The van der Waals surface area contributed by atoms with Crippen molar-refractivity contribution in [1.82, 2.24) is 10.6 Å². The first-order chi connectivity index (χ1) is 7.18. The molecule has 82 valence electrons. The van der Waals surface area contributed by atoms with Gasteiger partial charge < -0.3 is 0 Å². The lowest BCUT2D eigenvalue weighted by Gasteiger charge is -2.28. The molecule has 2 N–H and O–H groups in total. The number of rotatable bonds is 1. The highest BCUT2D eigenvalue weighted by Gasteiger charge is 2.17. The lowest BCUT2D eigenvalue weighted by atomic mass is 9.97. The quantitative estimate of drug-likeness (QED) is 0.733. The Bertz CT molecular complexity index is 329. The average Bonchev–Trinajstić information content (AvgIpc) is 2.17. The highest BCUT2D eigenvalue weighted by atomic mass is 15.1. The molecule has 15 heavy (non-hydrogen) atoms. The molecular weight excluding hydrogens is 184 g/mol. The number of aryl methyl sites for hydroxylation is 3. The van der Waals surface area contributed by atoms with Crippen molar-refractivity contribution in [1.29, 1.82) is 0 Å². The van der Waals surface area contributed by atoms with Crippen molar-refractivity contribution in [3.8, 4) is 0 Å². The van der Waals surface area contributed by atoms with Gasteiger partial charge in [-0.1, -0.05) is 17.7 Å². The van der Waals surface area contributed by atoms with Gasteiger partial charge in [0, 0.05) is 0 Å². The van der Waals surface area contributed by atoms with Crippen molar-refractivity contribution in [2.45, 2.75) is 33.4 Å². The zero-order valence-electron chi connectivity index (χ0n) is 9.85. The predicted octanol–water partition coefficient (Wildman–Crippen LogP) is 2.19. The lowest BCUT2D eigenvalue weighted by molar-refractivity contribution is 0.377. The zero-order valence-corrected chi connectivity index (χ0v) is 9.85. The predicted molar refractivity (Wildman–Crippen MR) is 64.0 cm³/mol. The third kappa shape index (κ3) is 2.21. The highest BCUT2D eigenvalue weighted by Crippen LogP contribution is 2.22. The molecule has 1 saturated heterocycles. The number of hydrogen-bond acceptors (Lipinski definition) is 2. The van der Waals surface area contributed by atoms with E-state index in [0.717, 1.165) is 13.1 Å². The lowest BCUT2D eigenvalue weighted by Crippen LogP contribution is -2.41. The summed E-state index contributed by atoms with van der Waals surface area (Å²) in [7, 11) is 0. The summed E-state index contributed by atoms with van der Waals surface area (Å²) in [4.78, 5) is 0. The molecule has 1 fully saturated rings. The van der Waals surface area contributed by atoms with Gasteiger partial charge in [0.05, 0.1) is 6.17 Å². The van der Waals surface area contributed by atoms with Crippen molar-refractivity contribution < 1.29 is 0 Å². The smallest absolute Gasteiger partial charge is 0.0840 e. The van der Waals surface area contributed by atoms with E-state index in [1.807, 2.05) is 0 Å². The normalized spacial score (nSPS) is 18.1. The van der Waals surface area contributed by atoms with E-state index < -0.39 is 0 Å². The van der Waals surface area contributed by atoms with Gasteiger partial charge in [-0.3, -0.25) is 10.6 Å². The standard InChI is InChI=1S/C13H20N2/c1-9-7-10(2)12(11(3)8-9)13-14-5-4-6-15-13/h7-8,13-15H,4-6H2,1-3H3. The molecule has 0 spiro atoms. The Balaban J connectivity index is 2.33. The van der Waals surface area contributed by atoms with Crippen molar-refractivity contribution in [2.75, 3.05) is 13.1 Å². The molecule has 1 aromatic rings. The van der Waals surface area contributed by atoms with Gasteiger partial charge in [0.25, 0.3) is 0 Å². The molecule has 0 aromatic heterocycles. The number of nitrogens with one attached hydrogen (secondary N) is 2. The fraction of sp³-hybridized carbons (Fsp3) is 0.538. The summed E-state index contributed by atoms with van der Waals surface area (Å²) in [6.45, 7) is 8.79. The Morgan fingerprint density at radius 1 is 1.00 bits per heavy atom. The van der Waals surface area contributed by atoms with Gasteiger partial charge in [-0.05, 0) is 57.0 Å². The molecule has 0 radical (unpaired) electrons. The van der Waals surface area contributed by atoms with E-state index in [0.29, 0.717) is 6.17 Å². The van der Waals surface area contributed by atoms with Crippen molar-refractivity contribution in [2.24, 2.45) is 0 Å². The topological polar surface area (TPSA) is 24.1 Å². The van der Waals surface area contributed by atoms with Crippen LogP contribution in [0.3, 0.4) is 0 Å². The van der Waals surface area contributed by atoms with Gasteiger partial charge in [0.15, 0.2) is 0 Å². The first kappa shape index (κ1) is 10.7. The second kappa shape index (κ2) is 4.33. The van der Waals surface area contributed by atoms with Crippen LogP contribution in [0, 0.1) is 20.8 Å². The first-order valence-corrected chi connectivity index (χ1v) is 5.73. The molecule has 0 unspecified atom stereocenters. The molecule has 2 nitrogen and oxygen atoms in total. The number of hydrogen-bond donors (Lipinski definition) is 2. The molecule has 1 aliphatic heterocycles. The molecule has 0 aliphatic carbocycles. The van der Waals surface area contributed by atoms with Crippen LogP contribution in [0.1, 0.15) is 34.8 Å². The molecule has 1 aromatic carbocycles. The number of benzene rings is 1. The maximum Gasteiger partial charge on any atom is 0.0840 e. The minimum Gasteiger partial charge on any atom is -0.298 e. The third-order valence-corrected chi connectivity index (χ3v) is 3.08. The molecule has 0 saturated carbocycles. The van der Waals surface area contributed by atoms with E-state index in [1.54, 1.807) is 0 Å². The van der Waals surface area contributed by atoms with Crippen molar-refractivity contribution >= 4 is 0 Å². The SMILES string of the molecule is Cc1cc(C)c(C2NCCCN2)c(C)c1. The summed E-state index contributed by atoms with van der Waals surface area (Å²) in [6, 6.07) is 4.53. The molecule has 0 atom stereocenters. The molecule has 0 bridgehead atoms. The molecule has 2 rings (SSSR count). The molecular formula is C13H20N2. The zero-order chi connectivity index (χ0) is 10.8. The molecule has 0 amide bonds. The van der Waals surface area contributed by atoms with Crippen LogP contribution < -0.4 is 10.6 Å². The third-order valence-electron chi connectivity index (χ3n) is 3.08. The summed E-state index contributed by atoms with van der Waals surface area (Å²) in [5, 5.41) is 7.05. The van der Waals surface area contributed by atoms with E-state index in [-0.39, 0.29) is 0 Å². The van der Waals surface area contributed by atoms with E-state index >= 15 is 0 Å². The molecule has 2 heteroatoms. The largest absolute Gasteiger partial charge is 0.298 e. The van der Waals surface area contributed by atoms with Crippen molar-refractivity contribution in [3.63, 3.8) is 0 Å². The summed E-state index contributed by atoms with van der Waals surface area (Å²) < 4.78 is 0. The fourth-order valence-electron chi connectivity index (χ4n) is 2.50. The van der Waals surface area contributed by atoms with Gasteiger partial charge in [-0.2, -0.15) is 0 Å². The Labute approximate surface area is 92.1 Å². The van der Waals surface area contributed by atoms with Crippen molar-refractivity contribution in [3.05, 3.63) is 34.4 Å². The van der Waals surface area contributed by atoms with Gasteiger partial charge in [-0.15, -0.1) is 0 Å². The van der Waals surface area contributed by atoms with Crippen LogP contribution in [-0.4, -0.2) is 13.1 Å². The van der Waals surface area contributed by atoms with Crippen LogP contribution in [-0.2, 0) is 0 Å².